The number of fused-ring (bicyclic) bond motifs is 1. The third-order valence-corrected chi connectivity index (χ3v) is 3.69. The molecule has 1 amide bonds. The minimum Gasteiger partial charge on any atom is -0.480 e. The fourth-order valence-corrected chi connectivity index (χ4v) is 2.89. The average molecular weight is 211 g/mol. The Labute approximate surface area is 89.3 Å². The molecule has 4 heteroatoms. The van der Waals surface area contributed by atoms with Gasteiger partial charge >= 0.3 is 5.97 Å². The van der Waals surface area contributed by atoms with Crippen LogP contribution in [-0.2, 0) is 9.59 Å². The summed E-state index contributed by atoms with van der Waals surface area (Å²) in [5.74, 6) is 0.352. The summed E-state index contributed by atoms with van der Waals surface area (Å²) < 4.78 is 0. The number of hydrogen-bond donors (Lipinski definition) is 1. The first-order chi connectivity index (χ1) is 7.11. The Bertz CT molecular complexity index is 278. The molecule has 0 aromatic rings. The van der Waals surface area contributed by atoms with Gasteiger partial charge in [0.1, 0.15) is 6.54 Å². The fourth-order valence-electron chi connectivity index (χ4n) is 2.89. The lowest BCUT2D eigenvalue weighted by Crippen LogP contribution is -2.33. The van der Waals surface area contributed by atoms with E-state index in [0.29, 0.717) is 11.8 Å². The average Bonchev–Trinajstić information content (AvgIpc) is 2.89. The van der Waals surface area contributed by atoms with Crippen molar-refractivity contribution >= 4 is 11.9 Å². The number of rotatable bonds is 3. The van der Waals surface area contributed by atoms with Gasteiger partial charge in [-0.05, 0) is 24.7 Å². The van der Waals surface area contributed by atoms with Crippen LogP contribution in [0.5, 0.6) is 0 Å². The maximum absolute atomic E-state index is 11.9. The molecule has 2 unspecified atom stereocenters. The van der Waals surface area contributed by atoms with Crippen LogP contribution in [0.2, 0.25) is 0 Å². The van der Waals surface area contributed by atoms with Crippen LogP contribution in [0, 0.1) is 17.8 Å². The first-order valence-electron chi connectivity index (χ1n) is 5.58. The zero-order valence-corrected chi connectivity index (χ0v) is 8.98. The topological polar surface area (TPSA) is 57.6 Å². The minimum absolute atomic E-state index is 0.0364. The monoisotopic (exact) mass is 211 g/mol. The highest BCUT2D eigenvalue weighted by molar-refractivity contribution is 5.85. The Balaban J connectivity index is 1.89. The van der Waals surface area contributed by atoms with Crippen molar-refractivity contribution in [3.8, 4) is 0 Å². The normalized spacial score (nSPS) is 33.0. The van der Waals surface area contributed by atoms with E-state index < -0.39 is 5.97 Å². The van der Waals surface area contributed by atoms with E-state index in [0.717, 1.165) is 12.8 Å². The minimum atomic E-state index is -0.936. The molecule has 0 radical (unpaired) electrons. The highest BCUT2D eigenvalue weighted by atomic mass is 16.4. The third kappa shape index (κ3) is 1.98. The lowest BCUT2D eigenvalue weighted by molar-refractivity contribution is -0.144. The van der Waals surface area contributed by atoms with E-state index in [2.05, 4.69) is 0 Å². The summed E-state index contributed by atoms with van der Waals surface area (Å²) in [6.45, 7) is -0.172. The number of likely N-dealkylation sites (N-methyl/N-ethyl adjacent to an activating group) is 1. The molecule has 2 fully saturated rings. The van der Waals surface area contributed by atoms with Gasteiger partial charge < -0.3 is 10.0 Å². The van der Waals surface area contributed by atoms with Crippen molar-refractivity contribution in [2.75, 3.05) is 13.6 Å². The highest BCUT2D eigenvalue weighted by Gasteiger charge is 2.55. The van der Waals surface area contributed by atoms with Crippen LogP contribution < -0.4 is 0 Å². The number of hydrogen-bond acceptors (Lipinski definition) is 2. The molecule has 4 nitrogen and oxygen atoms in total. The SMILES string of the molecule is CN(CC(=O)O)C(=O)C1C2CCCCC21. The maximum Gasteiger partial charge on any atom is 0.323 e. The van der Waals surface area contributed by atoms with Crippen molar-refractivity contribution in [3.63, 3.8) is 0 Å². The summed E-state index contributed by atoms with van der Waals surface area (Å²) in [7, 11) is 1.58. The predicted octanol–water partition coefficient (Wildman–Crippen LogP) is 0.966. The number of carboxylic acids is 1. The maximum atomic E-state index is 11.9. The molecule has 0 heterocycles. The Morgan fingerprint density at radius 1 is 1.27 bits per heavy atom. The molecule has 2 aliphatic rings. The molecule has 2 atom stereocenters. The molecule has 1 N–H and O–H groups in total. The summed E-state index contributed by atoms with van der Waals surface area (Å²) >= 11 is 0. The molecule has 0 aromatic carbocycles. The van der Waals surface area contributed by atoms with Gasteiger partial charge in [0.15, 0.2) is 0 Å². The van der Waals surface area contributed by atoms with Gasteiger partial charge in [0.2, 0.25) is 5.91 Å². The van der Waals surface area contributed by atoms with Crippen molar-refractivity contribution in [2.45, 2.75) is 25.7 Å². The molecule has 0 aliphatic heterocycles. The van der Waals surface area contributed by atoms with Crippen LogP contribution in [-0.4, -0.2) is 35.5 Å². The Morgan fingerprint density at radius 2 is 1.80 bits per heavy atom. The Kier molecular flexibility index (Phi) is 2.67. The summed E-state index contributed by atoms with van der Waals surface area (Å²) in [5.41, 5.74) is 0. The molecule has 2 saturated carbocycles. The summed E-state index contributed by atoms with van der Waals surface area (Å²) in [5, 5.41) is 8.60. The lowest BCUT2D eigenvalue weighted by atomic mass is 10.0. The number of carbonyl (C=O) groups is 2. The second kappa shape index (κ2) is 3.83. The second-order valence-electron chi connectivity index (χ2n) is 4.73. The molecular formula is C11H17NO3. The van der Waals surface area contributed by atoms with Crippen molar-refractivity contribution in [3.05, 3.63) is 0 Å². The highest BCUT2D eigenvalue weighted by Crippen LogP contribution is 2.55. The van der Waals surface area contributed by atoms with Crippen molar-refractivity contribution in [1.29, 1.82) is 0 Å². The lowest BCUT2D eigenvalue weighted by Gasteiger charge is -2.14. The third-order valence-electron chi connectivity index (χ3n) is 3.69. The van der Waals surface area contributed by atoms with E-state index in [1.807, 2.05) is 0 Å². The largest absolute Gasteiger partial charge is 0.480 e. The number of nitrogens with zero attached hydrogens (tertiary/aromatic N) is 1. The molecule has 2 aliphatic carbocycles. The second-order valence-corrected chi connectivity index (χ2v) is 4.73. The van der Waals surface area contributed by atoms with Gasteiger partial charge in [-0.25, -0.2) is 0 Å². The molecule has 15 heavy (non-hydrogen) atoms. The molecule has 84 valence electrons. The van der Waals surface area contributed by atoms with Crippen molar-refractivity contribution in [2.24, 2.45) is 17.8 Å². The van der Waals surface area contributed by atoms with Gasteiger partial charge in [0, 0.05) is 13.0 Å². The number of carbonyl (C=O) groups excluding carboxylic acids is 1. The van der Waals surface area contributed by atoms with E-state index in [4.69, 9.17) is 5.11 Å². The Hall–Kier alpha value is -1.06. The van der Waals surface area contributed by atoms with Crippen LogP contribution in [0.25, 0.3) is 0 Å². The first kappa shape index (κ1) is 10.5. The first-order valence-corrected chi connectivity index (χ1v) is 5.58. The molecule has 0 bridgehead atoms. The van der Waals surface area contributed by atoms with Crippen LogP contribution in [0.4, 0.5) is 0 Å². The molecule has 2 rings (SSSR count). The van der Waals surface area contributed by atoms with E-state index in [9.17, 15) is 9.59 Å². The standard InChI is InChI=1S/C11H17NO3/c1-12(6-9(13)14)11(15)10-7-4-2-3-5-8(7)10/h7-8,10H,2-6H2,1H3,(H,13,14). The predicted molar refractivity (Wildman–Crippen MR) is 54.2 cm³/mol. The van der Waals surface area contributed by atoms with E-state index >= 15 is 0 Å². The molecule has 0 saturated heterocycles. The van der Waals surface area contributed by atoms with Gasteiger partial charge in [-0.3, -0.25) is 9.59 Å². The zero-order valence-electron chi connectivity index (χ0n) is 8.98. The molecule has 0 aromatic heterocycles. The summed E-state index contributed by atoms with van der Waals surface area (Å²) in [4.78, 5) is 23.7. The van der Waals surface area contributed by atoms with E-state index in [-0.39, 0.29) is 18.4 Å². The summed E-state index contributed by atoms with van der Waals surface area (Å²) in [6, 6.07) is 0. The zero-order chi connectivity index (χ0) is 11.0. The van der Waals surface area contributed by atoms with Crippen LogP contribution in [0.3, 0.4) is 0 Å². The smallest absolute Gasteiger partial charge is 0.323 e. The van der Waals surface area contributed by atoms with E-state index in [1.165, 1.54) is 17.7 Å². The van der Waals surface area contributed by atoms with Gasteiger partial charge in [-0.1, -0.05) is 12.8 Å². The number of carboxylic acid groups (broad SMARTS) is 1. The van der Waals surface area contributed by atoms with Crippen LogP contribution in [0.1, 0.15) is 25.7 Å². The van der Waals surface area contributed by atoms with Gasteiger partial charge in [-0.2, -0.15) is 0 Å². The van der Waals surface area contributed by atoms with E-state index in [1.54, 1.807) is 7.05 Å². The van der Waals surface area contributed by atoms with Crippen LogP contribution >= 0.6 is 0 Å². The van der Waals surface area contributed by atoms with Gasteiger partial charge in [0.05, 0.1) is 0 Å². The summed E-state index contributed by atoms with van der Waals surface area (Å²) in [6.07, 6.45) is 4.77. The van der Waals surface area contributed by atoms with Gasteiger partial charge in [-0.15, -0.1) is 0 Å². The fraction of sp³-hybridized carbons (Fsp3) is 0.818. The quantitative estimate of drug-likeness (QED) is 0.756. The molecular weight excluding hydrogens is 194 g/mol. The van der Waals surface area contributed by atoms with Crippen molar-refractivity contribution < 1.29 is 14.7 Å². The van der Waals surface area contributed by atoms with Gasteiger partial charge in [0.25, 0.3) is 0 Å². The van der Waals surface area contributed by atoms with Crippen LogP contribution in [0.15, 0.2) is 0 Å². The number of amides is 1. The number of aliphatic carboxylic acids is 1. The Morgan fingerprint density at radius 3 is 2.27 bits per heavy atom. The molecule has 0 spiro atoms. The van der Waals surface area contributed by atoms with Crippen molar-refractivity contribution in [1.82, 2.24) is 4.90 Å².